The van der Waals surface area contributed by atoms with E-state index in [4.69, 9.17) is 5.73 Å². The first-order chi connectivity index (χ1) is 12.1. The molecule has 0 aliphatic rings. The number of amides is 1. The number of hydrogen-bond donors (Lipinski definition) is 2. The van der Waals surface area contributed by atoms with E-state index in [-0.39, 0.29) is 22.2 Å². The average Bonchev–Trinajstić information content (AvgIpc) is 2.64. The fourth-order valence-corrected chi connectivity index (χ4v) is 3.52. The van der Waals surface area contributed by atoms with Crippen LogP contribution in [0.2, 0.25) is 0 Å². The molecule has 0 spiro atoms. The molecular formula is C18H16N4O2S. The lowest BCUT2D eigenvalue weighted by atomic mass is 10.2. The predicted octanol–water partition coefficient (Wildman–Crippen LogP) is 2.62. The number of nitrogens with zero attached hydrogens (tertiary/aromatic N) is 2. The molecule has 0 saturated carbocycles. The lowest BCUT2D eigenvalue weighted by molar-refractivity contribution is 0.102. The Balaban J connectivity index is 1.84. The zero-order valence-corrected chi connectivity index (χ0v) is 14.1. The number of nitrogen functional groups attached to an aromatic ring is 1. The summed E-state index contributed by atoms with van der Waals surface area (Å²) in [6.45, 7) is 0. The van der Waals surface area contributed by atoms with Gasteiger partial charge in [0, 0.05) is 30.0 Å². The third-order valence-corrected chi connectivity index (χ3v) is 4.84. The smallest absolute Gasteiger partial charge is 0.258 e. The van der Waals surface area contributed by atoms with Gasteiger partial charge in [0.2, 0.25) is 0 Å². The monoisotopic (exact) mass is 352 g/mol. The number of rotatable bonds is 5. The molecule has 1 atom stereocenters. The summed E-state index contributed by atoms with van der Waals surface area (Å²) < 4.78 is 12.7. The van der Waals surface area contributed by atoms with Gasteiger partial charge in [0.1, 0.15) is 5.03 Å². The van der Waals surface area contributed by atoms with Crippen LogP contribution in [0.5, 0.6) is 0 Å². The van der Waals surface area contributed by atoms with E-state index < -0.39 is 10.8 Å². The molecule has 1 unspecified atom stereocenters. The SMILES string of the molecule is Nc1ccccc1CS(=O)c1ncccc1C(=O)Nc1ccncc1. The molecule has 0 aliphatic carbocycles. The van der Waals surface area contributed by atoms with Gasteiger partial charge in [0.25, 0.3) is 5.91 Å². The normalized spacial score (nSPS) is 11.7. The van der Waals surface area contributed by atoms with Gasteiger partial charge in [0.15, 0.2) is 0 Å². The summed E-state index contributed by atoms with van der Waals surface area (Å²) in [5.74, 6) is -0.178. The van der Waals surface area contributed by atoms with Crippen LogP contribution >= 0.6 is 0 Å². The van der Waals surface area contributed by atoms with E-state index in [9.17, 15) is 9.00 Å². The fraction of sp³-hybridized carbons (Fsp3) is 0.0556. The zero-order chi connectivity index (χ0) is 17.6. The molecule has 3 rings (SSSR count). The predicted molar refractivity (Wildman–Crippen MR) is 97.4 cm³/mol. The molecule has 0 saturated heterocycles. The van der Waals surface area contributed by atoms with Crippen molar-refractivity contribution in [1.82, 2.24) is 9.97 Å². The Morgan fingerprint density at radius 1 is 1.04 bits per heavy atom. The number of nitrogens with two attached hydrogens (primary N) is 1. The highest BCUT2D eigenvalue weighted by Crippen LogP contribution is 2.19. The van der Waals surface area contributed by atoms with E-state index >= 15 is 0 Å². The zero-order valence-electron chi connectivity index (χ0n) is 13.3. The highest BCUT2D eigenvalue weighted by Gasteiger charge is 2.18. The Kier molecular flexibility index (Phi) is 5.15. The Morgan fingerprint density at radius 3 is 2.56 bits per heavy atom. The second-order valence-corrected chi connectivity index (χ2v) is 6.60. The van der Waals surface area contributed by atoms with Gasteiger partial charge in [-0.25, -0.2) is 4.98 Å². The molecule has 1 aromatic carbocycles. The first-order valence-electron chi connectivity index (χ1n) is 7.53. The van der Waals surface area contributed by atoms with Crippen LogP contribution < -0.4 is 11.1 Å². The van der Waals surface area contributed by atoms with Crippen LogP contribution in [0.15, 0.2) is 72.1 Å². The Bertz CT molecular complexity index is 916. The van der Waals surface area contributed by atoms with Crippen LogP contribution in [0.1, 0.15) is 15.9 Å². The van der Waals surface area contributed by atoms with E-state index in [1.807, 2.05) is 18.2 Å². The van der Waals surface area contributed by atoms with Crippen molar-refractivity contribution in [1.29, 1.82) is 0 Å². The standard InChI is InChI=1S/C18H16N4O2S/c19-16-6-2-1-4-13(16)12-25(24)18-15(5-3-9-21-18)17(23)22-14-7-10-20-11-8-14/h1-11H,12,19H2,(H,20,22,23). The van der Waals surface area contributed by atoms with Gasteiger partial charge in [-0.05, 0) is 35.9 Å². The number of pyridine rings is 2. The van der Waals surface area contributed by atoms with Crippen molar-refractivity contribution in [2.75, 3.05) is 11.1 Å². The number of benzene rings is 1. The third kappa shape index (κ3) is 4.07. The summed E-state index contributed by atoms with van der Waals surface area (Å²) in [5, 5.41) is 2.98. The van der Waals surface area contributed by atoms with Crippen molar-refractivity contribution in [3.63, 3.8) is 0 Å². The molecule has 2 aromatic heterocycles. The van der Waals surface area contributed by atoms with Crippen molar-refractivity contribution < 1.29 is 9.00 Å². The number of carbonyl (C=O) groups excluding carboxylic acids is 1. The summed E-state index contributed by atoms with van der Waals surface area (Å²) >= 11 is 0. The quantitative estimate of drug-likeness (QED) is 0.688. The molecular weight excluding hydrogens is 336 g/mol. The summed E-state index contributed by atoms with van der Waals surface area (Å²) in [4.78, 5) is 20.6. The molecule has 0 bridgehead atoms. The number of para-hydroxylation sites is 1. The largest absolute Gasteiger partial charge is 0.398 e. The minimum absolute atomic E-state index is 0.194. The van der Waals surface area contributed by atoms with Crippen molar-refractivity contribution in [3.05, 3.63) is 78.2 Å². The summed E-state index contributed by atoms with van der Waals surface area (Å²) in [5.41, 5.74) is 8.10. The first kappa shape index (κ1) is 16.8. The van der Waals surface area contributed by atoms with E-state index in [0.717, 1.165) is 5.56 Å². The van der Waals surface area contributed by atoms with E-state index in [0.29, 0.717) is 11.4 Å². The van der Waals surface area contributed by atoms with Crippen LogP contribution in [0.4, 0.5) is 11.4 Å². The van der Waals surface area contributed by atoms with E-state index in [1.165, 1.54) is 6.20 Å². The minimum Gasteiger partial charge on any atom is -0.398 e. The fourth-order valence-electron chi connectivity index (χ4n) is 2.25. The van der Waals surface area contributed by atoms with Crippen LogP contribution in [-0.2, 0) is 16.6 Å². The molecule has 1 amide bonds. The lowest BCUT2D eigenvalue weighted by Gasteiger charge is -2.10. The molecule has 3 aromatic rings. The van der Waals surface area contributed by atoms with Gasteiger partial charge in [-0.1, -0.05) is 18.2 Å². The highest BCUT2D eigenvalue weighted by molar-refractivity contribution is 7.84. The van der Waals surface area contributed by atoms with Crippen molar-refractivity contribution in [2.24, 2.45) is 0 Å². The molecule has 2 heterocycles. The topological polar surface area (TPSA) is 98.0 Å². The van der Waals surface area contributed by atoms with E-state index in [1.54, 1.807) is 42.7 Å². The third-order valence-electron chi connectivity index (χ3n) is 3.51. The molecule has 7 heteroatoms. The van der Waals surface area contributed by atoms with Gasteiger partial charge >= 0.3 is 0 Å². The van der Waals surface area contributed by atoms with Gasteiger partial charge in [0.05, 0.1) is 22.1 Å². The van der Waals surface area contributed by atoms with Crippen LogP contribution in [0.3, 0.4) is 0 Å². The summed E-state index contributed by atoms with van der Waals surface area (Å²) in [6, 6.07) is 13.8. The molecule has 0 radical (unpaired) electrons. The average molecular weight is 352 g/mol. The van der Waals surface area contributed by atoms with Gasteiger partial charge < -0.3 is 11.1 Å². The second kappa shape index (κ2) is 7.67. The Labute approximate surface area is 147 Å². The van der Waals surface area contributed by atoms with Gasteiger partial charge in [-0.15, -0.1) is 0 Å². The van der Waals surface area contributed by atoms with Crippen LogP contribution in [-0.4, -0.2) is 20.1 Å². The molecule has 0 fully saturated rings. The molecule has 3 N–H and O–H groups in total. The number of aromatic nitrogens is 2. The minimum atomic E-state index is -1.50. The second-order valence-electron chi connectivity index (χ2n) is 5.23. The molecule has 25 heavy (non-hydrogen) atoms. The Morgan fingerprint density at radius 2 is 1.80 bits per heavy atom. The maximum absolute atomic E-state index is 12.7. The van der Waals surface area contributed by atoms with Crippen molar-refractivity contribution in [2.45, 2.75) is 10.8 Å². The molecule has 6 nitrogen and oxygen atoms in total. The number of hydrogen-bond acceptors (Lipinski definition) is 5. The van der Waals surface area contributed by atoms with Gasteiger partial charge in [-0.3, -0.25) is 14.0 Å². The molecule has 126 valence electrons. The maximum Gasteiger partial charge on any atom is 0.258 e. The number of nitrogens with one attached hydrogen (secondary N) is 1. The van der Waals surface area contributed by atoms with Gasteiger partial charge in [-0.2, -0.15) is 0 Å². The lowest BCUT2D eigenvalue weighted by Crippen LogP contribution is -2.16. The van der Waals surface area contributed by atoms with Crippen LogP contribution in [0.25, 0.3) is 0 Å². The summed E-state index contributed by atoms with van der Waals surface area (Å²) in [6.07, 6.45) is 4.68. The van der Waals surface area contributed by atoms with Crippen LogP contribution in [0, 0.1) is 0 Å². The van der Waals surface area contributed by atoms with E-state index in [2.05, 4.69) is 15.3 Å². The number of anilines is 2. The highest BCUT2D eigenvalue weighted by atomic mass is 32.2. The number of carbonyl (C=O) groups is 1. The summed E-state index contributed by atoms with van der Waals surface area (Å²) in [7, 11) is -1.50. The van der Waals surface area contributed by atoms with Crippen molar-refractivity contribution >= 4 is 28.1 Å². The maximum atomic E-state index is 12.7. The van der Waals surface area contributed by atoms with Crippen molar-refractivity contribution in [3.8, 4) is 0 Å². The Hall–Kier alpha value is -3.06. The first-order valence-corrected chi connectivity index (χ1v) is 8.85. The molecule has 0 aliphatic heterocycles.